The molecule has 0 radical (unpaired) electrons. The smallest absolute Gasteiger partial charge is 0.00855 e. The Balaban J connectivity index is 1.80. The van der Waals surface area contributed by atoms with Crippen LogP contribution in [-0.2, 0) is 0 Å². The third-order valence-corrected chi connectivity index (χ3v) is 6.98. The van der Waals surface area contributed by atoms with Crippen molar-refractivity contribution in [3.63, 3.8) is 0 Å². The van der Waals surface area contributed by atoms with Gasteiger partial charge in [0.05, 0.1) is 0 Å². The van der Waals surface area contributed by atoms with E-state index in [4.69, 9.17) is 0 Å². The Morgan fingerprint density at radius 3 is 1.48 bits per heavy atom. The molecule has 2 aromatic carbocycles. The fraction of sp³-hybridized carbons (Fsp3) is 0.455. The van der Waals surface area contributed by atoms with E-state index in [-0.39, 0.29) is 10.9 Å². The largest absolute Gasteiger partial charge is 0.200 e. The summed E-state index contributed by atoms with van der Waals surface area (Å²) in [6.07, 6.45) is 11.2. The highest BCUT2D eigenvalue weighted by Gasteiger charge is 2.08. The van der Waals surface area contributed by atoms with Gasteiger partial charge < -0.3 is 0 Å². The van der Waals surface area contributed by atoms with E-state index in [9.17, 15) is 0 Å². The summed E-state index contributed by atoms with van der Waals surface area (Å²) in [6.45, 7) is 2.29. The molecule has 0 aromatic heterocycles. The highest BCUT2D eigenvalue weighted by atomic mass is 32.2. The van der Waals surface area contributed by atoms with Crippen molar-refractivity contribution in [3.8, 4) is 0 Å². The van der Waals surface area contributed by atoms with Crippen molar-refractivity contribution in [2.75, 3.05) is 5.75 Å². The summed E-state index contributed by atoms with van der Waals surface area (Å²) in [4.78, 5) is 3.05. The highest BCUT2D eigenvalue weighted by Crippen LogP contribution is 2.44. The van der Waals surface area contributed by atoms with Crippen molar-refractivity contribution in [1.29, 1.82) is 0 Å². The van der Waals surface area contributed by atoms with Crippen LogP contribution >= 0.6 is 10.9 Å². The van der Waals surface area contributed by atoms with Crippen LogP contribution in [0.4, 0.5) is 0 Å². The fourth-order valence-electron chi connectivity index (χ4n) is 3.03. The Morgan fingerprint density at radius 2 is 1.00 bits per heavy atom. The zero-order valence-corrected chi connectivity index (χ0v) is 15.5. The first-order chi connectivity index (χ1) is 11.4. The maximum atomic E-state index is 2.31. The van der Waals surface area contributed by atoms with Gasteiger partial charge in [-0.05, 0) is 22.0 Å². The Morgan fingerprint density at radius 1 is 0.565 bits per heavy atom. The van der Waals surface area contributed by atoms with Crippen LogP contribution in [0.25, 0.3) is 0 Å². The van der Waals surface area contributed by atoms with Crippen LogP contribution in [0.2, 0.25) is 0 Å². The molecule has 0 spiro atoms. The lowest BCUT2D eigenvalue weighted by Gasteiger charge is -2.22. The van der Waals surface area contributed by atoms with Gasteiger partial charge in [-0.2, -0.15) is 0 Å². The molecule has 0 unspecified atom stereocenters. The van der Waals surface area contributed by atoms with E-state index in [1.807, 2.05) is 0 Å². The van der Waals surface area contributed by atoms with Crippen molar-refractivity contribution in [2.45, 2.75) is 68.1 Å². The number of unbranched alkanes of at least 4 members (excludes halogenated alkanes) is 7. The predicted octanol–water partition coefficient (Wildman–Crippen LogP) is 7.25. The van der Waals surface area contributed by atoms with Gasteiger partial charge in [0.2, 0.25) is 0 Å². The van der Waals surface area contributed by atoms with Crippen molar-refractivity contribution in [1.82, 2.24) is 0 Å². The molecule has 1 heteroatoms. The summed E-state index contributed by atoms with van der Waals surface area (Å²) in [5.41, 5.74) is 0. The topological polar surface area (TPSA) is 0 Å². The lowest BCUT2D eigenvalue weighted by molar-refractivity contribution is 0.586. The maximum absolute atomic E-state index is 2.31. The third kappa shape index (κ3) is 6.83. The van der Waals surface area contributed by atoms with Gasteiger partial charge in [-0.3, -0.25) is 0 Å². The van der Waals surface area contributed by atoms with E-state index in [0.717, 1.165) is 0 Å². The molecule has 0 saturated heterocycles. The van der Waals surface area contributed by atoms with E-state index in [1.54, 1.807) is 0 Å². The van der Waals surface area contributed by atoms with Crippen LogP contribution in [0.3, 0.4) is 0 Å². The van der Waals surface area contributed by atoms with Gasteiger partial charge in [0.25, 0.3) is 0 Å². The Bertz CT molecular complexity index is 467. The SMILES string of the molecule is CCCCCCCCCC[SH](c1ccccc1)c1ccccc1. The first kappa shape index (κ1) is 18.1. The molecule has 0 heterocycles. The lowest BCUT2D eigenvalue weighted by atomic mass is 10.1. The van der Waals surface area contributed by atoms with Gasteiger partial charge in [0.1, 0.15) is 0 Å². The zero-order chi connectivity index (χ0) is 16.2. The lowest BCUT2D eigenvalue weighted by Crippen LogP contribution is -1.93. The number of benzene rings is 2. The number of hydrogen-bond acceptors (Lipinski definition) is 0. The van der Waals surface area contributed by atoms with Crippen LogP contribution < -0.4 is 0 Å². The number of rotatable bonds is 11. The van der Waals surface area contributed by atoms with Gasteiger partial charge in [-0.25, -0.2) is 10.9 Å². The van der Waals surface area contributed by atoms with E-state index in [2.05, 4.69) is 67.6 Å². The van der Waals surface area contributed by atoms with E-state index < -0.39 is 0 Å². The molecule has 0 N–H and O–H groups in total. The van der Waals surface area contributed by atoms with Crippen LogP contribution in [0.1, 0.15) is 58.3 Å². The minimum absolute atomic E-state index is 0.181. The second-order valence-corrected chi connectivity index (χ2v) is 8.63. The Labute approximate surface area is 145 Å². The van der Waals surface area contributed by atoms with Crippen molar-refractivity contribution in [3.05, 3.63) is 60.7 Å². The van der Waals surface area contributed by atoms with Gasteiger partial charge in [0.15, 0.2) is 0 Å². The molecule has 0 atom stereocenters. The average molecular weight is 329 g/mol. The van der Waals surface area contributed by atoms with Crippen LogP contribution in [0, 0.1) is 0 Å². The summed E-state index contributed by atoms with van der Waals surface area (Å²) in [7, 11) is -0.181. The summed E-state index contributed by atoms with van der Waals surface area (Å²) >= 11 is 0. The molecule has 2 rings (SSSR count). The first-order valence-electron chi connectivity index (χ1n) is 9.29. The first-order valence-corrected chi connectivity index (χ1v) is 10.8. The Hall–Kier alpha value is -1.21. The summed E-state index contributed by atoms with van der Waals surface area (Å²) in [5.74, 6) is 1.33. The Kier molecular flexibility index (Phi) is 8.94. The van der Waals surface area contributed by atoms with Crippen LogP contribution in [0.15, 0.2) is 70.5 Å². The molecule has 0 bridgehead atoms. The minimum Gasteiger partial charge on any atom is -0.200 e. The monoisotopic (exact) mass is 328 g/mol. The molecule has 2 aromatic rings. The molecule has 0 aliphatic rings. The van der Waals surface area contributed by atoms with Gasteiger partial charge in [-0.1, -0.05) is 113 Å². The molecule has 23 heavy (non-hydrogen) atoms. The molecule has 0 saturated carbocycles. The van der Waals surface area contributed by atoms with E-state index >= 15 is 0 Å². The van der Waals surface area contributed by atoms with Gasteiger partial charge >= 0.3 is 0 Å². The standard InChI is InChI=1S/C22H32S/c1-2-3-4-5-6-7-8-15-20-23(21-16-11-9-12-17-21)22-18-13-10-14-19-22/h9-14,16-19,23H,2-8,15,20H2,1H3. The van der Waals surface area contributed by atoms with Crippen LogP contribution in [0.5, 0.6) is 0 Å². The molecule has 0 nitrogen and oxygen atoms in total. The predicted molar refractivity (Wildman–Crippen MR) is 106 cm³/mol. The molecular formula is C22H32S. The molecule has 126 valence electrons. The molecule has 0 aliphatic heterocycles. The van der Waals surface area contributed by atoms with E-state index in [0.29, 0.717) is 0 Å². The molecule has 0 fully saturated rings. The minimum atomic E-state index is -0.181. The van der Waals surface area contributed by atoms with Crippen molar-refractivity contribution < 1.29 is 0 Å². The molecule has 0 amide bonds. The van der Waals surface area contributed by atoms with Crippen molar-refractivity contribution in [2.24, 2.45) is 0 Å². The third-order valence-electron chi connectivity index (χ3n) is 4.37. The molecular weight excluding hydrogens is 296 g/mol. The quantitative estimate of drug-likeness (QED) is 0.326. The van der Waals surface area contributed by atoms with Crippen LogP contribution in [-0.4, -0.2) is 5.75 Å². The number of hydrogen-bond donors (Lipinski definition) is 1. The highest BCUT2D eigenvalue weighted by molar-refractivity contribution is 8.17. The van der Waals surface area contributed by atoms with Gasteiger partial charge in [-0.15, -0.1) is 0 Å². The second kappa shape index (κ2) is 11.3. The fourth-order valence-corrected chi connectivity index (χ4v) is 5.45. The zero-order valence-electron chi connectivity index (χ0n) is 14.6. The molecule has 0 aliphatic carbocycles. The van der Waals surface area contributed by atoms with Crippen molar-refractivity contribution >= 4 is 10.9 Å². The summed E-state index contributed by atoms with van der Waals surface area (Å²) in [6, 6.07) is 22.2. The second-order valence-electron chi connectivity index (χ2n) is 6.30. The summed E-state index contributed by atoms with van der Waals surface area (Å²) in [5, 5.41) is 0. The maximum Gasteiger partial charge on any atom is -0.00855 e. The van der Waals surface area contributed by atoms with Gasteiger partial charge in [0, 0.05) is 0 Å². The average Bonchev–Trinajstić information content (AvgIpc) is 2.62. The normalized spacial score (nSPS) is 11.4. The summed E-state index contributed by atoms with van der Waals surface area (Å²) < 4.78 is 0. The number of thiol groups is 1. The van der Waals surface area contributed by atoms with E-state index in [1.165, 1.54) is 66.9 Å².